The van der Waals surface area contributed by atoms with E-state index in [1.54, 1.807) is 11.2 Å². The van der Waals surface area contributed by atoms with Crippen molar-refractivity contribution in [1.82, 2.24) is 14.3 Å². The molecule has 2 aliphatic heterocycles. The second kappa shape index (κ2) is 8.40. The summed E-state index contributed by atoms with van der Waals surface area (Å²) in [5.74, 6) is 1.77. The Morgan fingerprint density at radius 3 is 2.62 bits per heavy atom. The van der Waals surface area contributed by atoms with E-state index in [4.69, 9.17) is 9.97 Å². The van der Waals surface area contributed by atoms with Crippen molar-refractivity contribution in [3.63, 3.8) is 0 Å². The van der Waals surface area contributed by atoms with E-state index in [0.717, 1.165) is 56.7 Å². The molecule has 0 saturated carbocycles. The van der Waals surface area contributed by atoms with Crippen LogP contribution in [0.1, 0.15) is 61.3 Å². The zero-order chi connectivity index (χ0) is 20.4. The number of piperidine rings is 1. The highest BCUT2D eigenvalue weighted by Crippen LogP contribution is 2.35. The maximum atomic E-state index is 12.7. The SMILES string of the molecule is CCS(=O)(=O)N1CCCC[C@H]1c1nc(C)c2c(n1)N(Cc1ccccc1)CCC2. The van der Waals surface area contributed by atoms with E-state index in [0.29, 0.717) is 12.4 Å². The van der Waals surface area contributed by atoms with Crippen LogP contribution in [0.25, 0.3) is 0 Å². The molecule has 2 aromatic rings. The standard InChI is InChI=1S/C22H30N4O2S/c1-3-29(27,28)26-15-8-7-13-20(26)21-23-17(2)19-12-9-14-25(22(19)24-21)16-18-10-5-4-6-11-18/h4-6,10-11,20H,3,7-9,12-16H2,1-2H3/t20-/m0/s1. The van der Waals surface area contributed by atoms with Gasteiger partial charge in [0.2, 0.25) is 10.0 Å². The zero-order valence-corrected chi connectivity index (χ0v) is 18.2. The van der Waals surface area contributed by atoms with Gasteiger partial charge in [0.15, 0.2) is 0 Å². The van der Waals surface area contributed by atoms with Gasteiger partial charge in [-0.3, -0.25) is 0 Å². The fourth-order valence-electron chi connectivity index (χ4n) is 4.48. The number of fused-ring (bicyclic) bond motifs is 1. The molecule has 1 atom stereocenters. The van der Waals surface area contributed by atoms with Crippen molar-refractivity contribution in [2.75, 3.05) is 23.7 Å². The van der Waals surface area contributed by atoms with Crippen LogP contribution in [-0.2, 0) is 23.0 Å². The van der Waals surface area contributed by atoms with E-state index in [1.165, 1.54) is 11.1 Å². The second-order valence-electron chi connectivity index (χ2n) is 8.00. The first-order valence-electron chi connectivity index (χ1n) is 10.7. The van der Waals surface area contributed by atoms with Gasteiger partial charge < -0.3 is 4.90 Å². The molecular formula is C22H30N4O2S. The topological polar surface area (TPSA) is 66.4 Å². The number of aryl methyl sites for hydroxylation is 1. The predicted molar refractivity (Wildman–Crippen MR) is 115 cm³/mol. The van der Waals surface area contributed by atoms with Crippen LogP contribution in [0.5, 0.6) is 0 Å². The second-order valence-corrected chi connectivity index (χ2v) is 10.2. The van der Waals surface area contributed by atoms with Crippen LogP contribution < -0.4 is 4.90 Å². The molecule has 0 radical (unpaired) electrons. The van der Waals surface area contributed by atoms with Gasteiger partial charge >= 0.3 is 0 Å². The molecule has 6 nitrogen and oxygen atoms in total. The number of hydrogen-bond acceptors (Lipinski definition) is 5. The van der Waals surface area contributed by atoms with E-state index < -0.39 is 10.0 Å². The number of anilines is 1. The van der Waals surface area contributed by atoms with E-state index >= 15 is 0 Å². The van der Waals surface area contributed by atoms with Crippen molar-refractivity contribution in [2.45, 2.75) is 58.5 Å². The summed E-state index contributed by atoms with van der Waals surface area (Å²) in [5, 5.41) is 0. The van der Waals surface area contributed by atoms with Crippen molar-refractivity contribution in [2.24, 2.45) is 0 Å². The molecule has 4 rings (SSSR count). The van der Waals surface area contributed by atoms with Crippen LogP contribution in [0.15, 0.2) is 30.3 Å². The smallest absolute Gasteiger partial charge is 0.214 e. The Balaban J connectivity index is 1.71. The summed E-state index contributed by atoms with van der Waals surface area (Å²) in [5.41, 5.74) is 3.45. The van der Waals surface area contributed by atoms with Crippen molar-refractivity contribution in [3.05, 3.63) is 53.0 Å². The van der Waals surface area contributed by atoms with Gasteiger partial charge in [-0.15, -0.1) is 0 Å². The summed E-state index contributed by atoms with van der Waals surface area (Å²) in [6.07, 6.45) is 4.76. The Morgan fingerprint density at radius 1 is 1.07 bits per heavy atom. The molecule has 0 bridgehead atoms. The van der Waals surface area contributed by atoms with Crippen molar-refractivity contribution < 1.29 is 8.42 Å². The quantitative estimate of drug-likeness (QED) is 0.748. The first-order chi connectivity index (χ1) is 14.0. The predicted octanol–water partition coefficient (Wildman–Crippen LogP) is 3.61. The maximum Gasteiger partial charge on any atom is 0.214 e. The molecule has 0 N–H and O–H groups in total. The number of rotatable bonds is 5. The van der Waals surface area contributed by atoms with Gasteiger partial charge in [-0.25, -0.2) is 18.4 Å². The third-order valence-electron chi connectivity index (χ3n) is 6.05. The largest absolute Gasteiger partial charge is 0.352 e. The van der Waals surface area contributed by atoms with Crippen LogP contribution in [0, 0.1) is 6.92 Å². The highest BCUT2D eigenvalue weighted by molar-refractivity contribution is 7.89. The van der Waals surface area contributed by atoms with E-state index in [1.807, 2.05) is 13.0 Å². The maximum absolute atomic E-state index is 12.7. The van der Waals surface area contributed by atoms with Crippen LogP contribution in [0.4, 0.5) is 5.82 Å². The highest BCUT2D eigenvalue weighted by atomic mass is 32.2. The number of sulfonamides is 1. The van der Waals surface area contributed by atoms with E-state index in [-0.39, 0.29) is 11.8 Å². The lowest BCUT2D eigenvalue weighted by molar-refractivity contribution is 0.246. The fourth-order valence-corrected chi connectivity index (χ4v) is 5.80. The molecule has 1 saturated heterocycles. The van der Waals surface area contributed by atoms with Gasteiger partial charge in [-0.1, -0.05) is 36.8 Å². The Labute approximate surface area is 174 Å². The van der Waals surface area contributed by atoms with Gasteiger partial charge in [0.1, 0.15) is 11.6 Å². The average molecular weight is 415 g/mol. The van der Waals surface area contributed by atoms with Crippen molar-refractivity contribution in [1.29, 1.82) is 0 Å². The minimum atomic E-state index is -3.28. The molecule has 0 unspecified atom stereocenters. The molecule has 1 aromatic carbocycles. The Bertz CT molecular complexity index is 962. The summed E-state index contributed by atoms with van der Waals surface area (Å²) < 4.78 is 27.0. The van der Waals surface area contributed by atoms with Crippen LogP contribution in [0.3, 0.4) is 0 Å². The van der Waals surface area contributed by atoms with Crippen LogP contribution in [0.2, 0.25) is 0 Å². The number of aromatic nitrogens is 2. The minimum absolute atomic E-state index is 0.119. The van der Waals surface area contributed by atoms with Gasteiger partial charge in [0, 0.05) is 30.9 Å². The fraction of sp³-hybridized carbons (Fsp3) is 0.545. The summed E-state index contributed by atoms with van der Waals surface area (Å²) in [4.78, 5) is 12.1. The molecule has 0 spiro atoms. The Morgan fingerprint density at radius 2 is 1.86 bits per heavy atom. The molecule has 7 heteroatoms. The molecule has 2 aliphatic rings. The van der Waals surface area contributed by atoms with Gasteiger partial charge in [0.05, 0.1) is 11.8 Å². The van der Waals surface area contributed by atoms with E-state index in [2.05, 4.69) is 29.2 Å². The number of nitrogens with zero attached hydrogens (tertiary/aromatic N) is 4. The third-order valence-corrected chi connectivity index (χ3v) is 7.94. The van der Waals surface area contributed by atoms with Gasteiger partial charge in [0.25, 0.3) is 0 Å². The Hall–Kier alpha value is -1.99. The third kappa shape index (κ3) is 4.16. The normalized spacial score (nSPS) is 20.5. The average Bonchev–Trinajstić information content (AvgIpc) is 2.75. The summed E-state index contributed by atoms with van der Waals surface area (Å²) >= 11 is 0. The van der Waals surface area contributed by atoms with Gasteiger partial charge in [-0.05, 0) is 45.1 Å². The molecule has 156 valence electrons. The highest BCUT2D eigenvalue weighted by Gasteiger charge is 2.35. The summed E-state index contributed by atoms with van der Waals surface area (Å²) in [6, 6.07) is 10.2. The first-order valence-corrected chi connectivity index (χ1v) is 12.3. The Kier molecular flexibility index (Phi) is 5.88. The van der Waals surface area contributed by atoms with E-state index in [9.17, 15) is 8.42 Å². The minimum Gasteiger partial charge on any atom is -0.352 e. The zero-order valence-electron chi connectivity index (χ0n) is 17.3. The monoisotopic (exact) mass is 414 g/mol. The molecule has 1 aromatic heterocycles. The summed E-state index contributed by atoms with van der Waals surface area (Å²) in [6.45, 7) is 6.08. The molecule has 3 heterocycles. The van der Waals surface area contributed by atoms with Crippen LogP contribution >= 0.6 is 0 Å². The lowest BCUT2D eigenvalue weighted by Gasteiger charge is -2.36. The molecule has 1 fully saturated rings. The lowest BCUT2D eigenvalue weighted by atomic mass is 10.0. The molecular weight excluding hydrogens is 384 g/mol. The van der Waals surface area contributed by atoms with Crippen molar-refractivity contribution >= 4 is 15.8 Å². The summed E-state index contributed by atoms with van der Waals surface area (Å²) in [7, 11) is -3.28. The number of benzene rings is 1. The molecule has 0 aliphatic carbocycles. The van der Waals surface area contributed by atoms with Crippen LogP contribution in [-0.4, -0.2) is 41.5 Å². The molecule has 0 amide bonds. The van der Waals surface area contributed by atoms with Gasteiger partial charge in [-0.2, -0.15) is 4.31 Å². The lowest BCUT2D eigenvalue weighted by Crippen LogP contribution is -2.40. The van der Waals surface area contributed by atoms with Crippen molar-refractivity contribution in [3.8, 4) is 0 Å². The first kappa shape index (κ1) is 20.3. The molecule has 29 heavy (non-hydrogen) atoms. The number of hydrogen-bond donors (Lipinski definition) is 0.